The first-order chi connectivity index (χ1) is 13.4. The van der Waals surface area contributed by atoms with E-state index < -0.39 is 21.7 Å². The molecule has 0 aliphatic carbocycles. The number of amides is 1. The highest BCUT2D eigenvalue weighted by Gasteiger charge is 2.26. The Hall–Kier alpha value is -2.01. The summed E-state index contributed by atoms with van der Waals surface area (Å²) in [7, 11) is -3.66. The van der Waals surface area contributed by atoms with Gasteiger partial charge in [0.1, 0.15) is 11.6 Å². The molecule has 0 unspecified atom stereocenters. The number of carbonyl (C=O) groups is 1. The van der Waals surface area contributed by atoms with Gasteiger partial charge >= 0.3 is 0 Å². The third kappa shape index (κ3) is 5.07. The molecule has 0 aromatic heterocycles. The summed E-state index contributed by atoms with van der Waals surface area (Å²) in [5.74, 6) is -0.584. The minimum absolute atomic E-state index is 0.0920. The minimum atomic E-state index is -3.66. The molecule has 0 spiro atoms. The number of halogens is 2. The molecule has 1 N–H and O–H groups in total. The predicted molar refractivity (Wildman–Crippen MR) is 104 cm³/mol. The molecule has 0 radical (unpaired) electrons. The monoisotopic (exact) mass is 472 g/mol. The molecule has 0 atom stereocenters. The Kier molecular flexibility index (Phi) is 6.65. The van der Waals surface area contributed by atoms with Crippen molar-refractivity contribution in [1.82, 2.24) is 4.31 Å². The number of anilines is 1. The zero-order valence-corrected chi connectivity index (χ0v) is 17.1. The van der Waals surface area contributed by atoms with E-state index in [9.17, 15) is 17.6 Å². The second kappa shape index (κ2) is 8.99. The van der Waals surface area contributed by atoms with E-state index in [0.717, 1.165) is 0 Å². The van der Waals surface area contributed by atoms with Crippen LogP contribution in [0.5, 0.6) is 5.75 Å². The van der Waals surface area contributed by atoms with Gasteiger partial charge in [-0.05, 0) is 52.3 Å². The van der Waals surface area contributed by atoms with E-state index in [1.807, 2.05) is 0 Å². The van der Waals surface area contributed by atoms with Crippen molar-refractivity contribution in [2.45, 2.75) is 4.90 Å². The maximum atomic E-state index is 13.1. The Morgan fingerprint density at radius 1 is 1.21 bits per heavy atom. The highest BCUT2D eigenvalue weighted by atomic mass is 79.9. The zero-order chi connectivity index (χ0) is 20.1. The van der Waals surface area contributed by atoms with Crippen molar-refractivity contribution in [2.75, 3.05) is 38.2 Å². The van der Waals surface area contributed by atoms with Gasteiger partial charge in [-0.15, -0.1) is 0 Å². The van der Waals surface area contributed by atoms with E-state index in [1.54, 1.807) is 12.1 Å². The summed E-state index contributed by atoms with van der Waals surface area (Å²) >= 11 is 3.16. The highest BCUT2D eigenvalue weighted by molar-refractivity contribution is 9.10. The van der Waals surface area contributed by atoms with E-state index in [-0.39, 0.29) is 11.5 Å². The number of nitrogens with zero attached hydrogens (tertiary/aromatic N) is 1. The lowest BCUT2D eigenvalue weighted by molar-refractivity contribution is -0.118. The van der Waals surface area contributed by atoms with Crippen LogP contribution in [0.1, 0.15) is 0 Å². The second-order valence-electron chi connectivity index (χ2n) is 5.96. The number of morpholine rings is 1. The highest BCUT2D eigenvalue weighted by Crippen LogP contribution is 2.25. The predicted octanol–water partition coefficient (Wildman–Crippen LogP) is 2.63. The summed E-state index contributed by atoms with van der Waals surface area (Å²) < 4.78 is 50.8. The fourth-order valence-corrected chi connectivity index (χ4v) is 4.52. The molecule has 7 nitrogen and oxygen atoms in total. The lowest BCUT2D eigenvalue weighted by Gasteiger charge is -2.26. The SMILES string of the molecule is O=C(COc1ccc(F)cc1Br)Nc1cccc(S(=O)(=O)N2CCOCC2)c1. The van der Waals surface area contributed by atoms with Crippen LogP contribution >= 0.6 is 15.9 Å². The average molecular weight is 473 g/mol. The van der Waals surface area contributed by atoms with E-state index in [2.05, 4.69) is 21.2 Å². The Balaban J connectivity index is 1.64. The van der Waals surface area contributed by atoms with Crippen molar-refractivity contribution >= 4 is 37.5 Å². The first kappa shape index (κ1) is 20.7. The van der Waals surface area contributed by atoms with Crippen LogP contribution in [-0.2, 0) is 19.6 Å². The lowest BCUT2D eigenvalue weighted by atomic mass is 10.3. The maximum Gasteiger partial charge on any atom is 0.262 e. The zero-order valence-electron chi connectivity index (χ0n) is 14.7. The maximum absolute atomic E-state index is 13.1. The molecule has 1 aliphatic rings. The van der Waals surface area contributed by atoms with Crippen LogP contribution in [0, 0.1) is 5.82 Å². The molecular weight excluding hydrogens is 455 g/mol. The average Bonchev–Trinajstić information content (AvgIpc) is 2.68. The molecule has 3 rings (SSSR count). The molecule has 28 heavy (non-hydrogen) atoms. The van der Waals surface area contributed by atoms with Crippen molar-refractivity contribution in [2.24, 2.45) is 0 Å². The number of nitrogens with one attached hydrogen (secondary N) is 1. The standard InChI is InChI=1S/C18H18BrFN2O5S/c19-16-10-13(20)4-5-17(16)27-12-18(23)21-14-2-1-3-15(11-14)28(24,25)22-6-8-26-9-7-22/h1-5,10-11H,6-9,12H2,(H,21,23). The van der Waals surface area contributed by atoms with Crippen LogP contribution < -0.4 is 10.1 Å². The van der Waals surface area contributed by atoms with Gasteiger partial charge in [-0.3, -0.25) is 4.79 Å². The summed E-state index contributed by atoms with van der Waals surface area (Å²) in [5, 5.41) is 2.60. The van der Waals surface area contributed by atoms with Gasteiger partial charge in [0.05, 0.1) is 22.6 Å². The van der Waals surface area contributed by atoms with Crippen molar-refractivity contribution in [3.8, 4) is 5.75 Å². The quantitative estimate of drug-likeness (QED) is 0.698. The molecule has 2 aromatic carbocycles. The molecule has 0 saturated carbocycles. The number of rotatable bonds is 6. The van der Waals surface area contributed by atoms with Gasteiger partial charge in [0.2, 0.25) is 10.0 Å². The Labute approximate surface area is 170 Å². The van der Waals surface area contributed by atoms with Crippen molar-refractivity contribution < 1.29 is 27.1 Å². The van der Waals surface area contributed by atoms with Crippen LogP contribution in [0.3, 0.4) is 0 Å². The lowest BCUT2D eigenvalue weighted by Crippen LogP contribution is -2.40. The molecule has 1 heterocycles. The van der Waals surface area contributed by atoms with Crippen LogP contribution in [0.4, 0.5) is 10.1 Å². The molecule has 2 aromatic rings. The molecule has 0 bridgehead atoms. The summed E-state index contributed by atoms with van der Waals surface area (Å²) in [6.07, 6.45) is 0. The minimum Gasteiger partial charge on any atom is -0.483 e. The first-order valence-electron chi connectivity index (χ1n) is 8.42. The van der Waals surface area contributed by atoms with Gasteiger partial charge in [-0.1, -0.05) is 6.07 Å². The third-order valence-corrected chi connectivity index (χ3v) is 6.49. The summed E-state index contributed by atoms with van der Waals surface area (Å²) in [6.45, 7) is 0.973. The van der Waals surface area contributed by atoms with Crippen LogP contribution in [0.2, 0.25) is 0 Å². The Morgan fingerprint density at radius 3 is 2.68 bits per heavy atom. The molecule has 150 valence electrons. The van der Waals surface area contributed by atoms with E-state index in [1.165, 1.54) is 34.6 Å². The van der Waals surface area contributed by atoms with Gasteiger partial charge in [0, 0.05) is 18.8 Å². The Bertz CT molecular complexity index is 964. The third-order valence-electron chi connectivity index (χ3n) is 3.98. The molecule has 1 saturated heterocycles. The van der Waals surface area contributed by atoms with E-state index in [0.29, 0.717) is 42.2 Å². The van der Waals surface area contributed by atoms with Crippen LogP contribution in [-0.4, -0.2) is 51.5 Å². The fraction of sp³-hybridized carbons (Fsp3) is 0.278. The molecule has 1 fully saturated rings. The number of hydrogen-bond acceptors (Lipinski definition) is 5. The fourth-order valence-electron chi connectivity index (χ4n) is 2.60. The van der Waals surface area contributed by atoms with Crippen molar-refractivity contribution in [1.29, 1.82) is 0 Å². The van der Waals surface area contributed by atoms with E-state index >= 15 is 0 Å². The molecule has 1 amide bonds. The number of benzene rings is 2. The van der Waals surface area contributed by atoms with Gasteiger partial charge in [0.25, 0.3) is 5.91 Å². The first-order valence-corrected chi connectivity index (χ1v) is 10.7. The topological polar surface area (TPSA) is 84.9 Å². The molecule has 1 aliphatic heterocycles. The van der Waals surface area contributed by atoms with Crippen molar-refractivity contribution in [3.63, 3.8) is 0 Å². The molecular formula is C18H18BrFN2O5S. The van der Waals surface area contributed by atoms with Crippen LogP contribution in [0.25, 0.3) is 0 Å². The number of ether oxygens (including phenoxy) is 2. The second-order valence-corrected chi connectivity index (χ2v) is 8.75. The number of sulfonamides is 1. The smallest absolute Gasteiger partial charge is 0.262 e. The summed E-state index contributed by atoms with van der Waals surface area (Å²) in [5.41, 5.74) is 0.334. The van der Waals surface area contributed by atoms with Gasteiger partial charge in [-0.2, -0.15) is 4.31 Å². The largest absolute Gasteiger partial charge is 0.483 e. The van der Waals surface area contributed by atoms with Crippen LogP contribution in [0.15, 0.2) is 51.8 Å². The van der Waals surface area contributed by atoms with Gasteiger partial charge in [-0.25, -0.2) is 12.8 Å². The normalized spacial score (nSPS) is 15.2. The number of carbonyl (C=O) groups excluding carboxylic acids is 1. The number of hydrogen-bond donors (Lipinski definition) is 1. The Morgan fingerprint density at radius 2 is 1.96 bits per heavy atom. The van der Waals surface area contributed by atoms with Gasteiger partial charge < -0.3 is 14.8 Å². The summed E-state index contributed by atoms with van der Waals surface area (Å²) in [6, 6.07) is 9.88. The summed E-state index contributed by atoms with van der Waals surface area (Å²) in [4.78, 5) is 12.2. The van der Waals surface area contributed by atoms with Gasteiger partial charge in [0.15, 0.2) is 6.61 Å². The van der Waals surface area contributed by atoms with Crippen molar-refractivity contribution in [3.05, 3.63) is 52.8 Å². The van der Waals surface area contributed by atoms with E-state index in [4.69, 9.17) is 9.47 Å². The molecule has 10 heteroatoms.